The average molecular weight is 240 g/mol. The molecule has 2 aliphatic carbocycles. The van der Waals surface area contributed by atoms with Crippen molar-refractivity contribution in [3.63, 3.8) is 0 Å². The van der Waals surface area contributed by atoms with Crippen molar-refractivity contribution in [3.8, 4) is 0 Å². The minimum absolute atomic E-state index is 0.138. The van der Waals surface area contributed by atoms with Crippen molar-refractivity contribution >= 4 is 23.1 Å². The molecule has 2 fully saturated rings. The molecule has 0 unspecified atom stereocenters. The molecule has 90 valence electrons. The summed E-state index contributed by atoms with van der Waals surface area (Å²) in [7, 11) is 0. The van der Waals surface area contributed by atoms with Crippen LogP contribution in [0.5, 0.6) is 0 Å². The molecule has 16 heavy (non-hydrogen) atoms. The zero-order valence-corrected chi connectivity index (χ0v) is 10.4. The first kappa shape index (κ1) is 11.8. The van der Waals surface area contributed by atoms with Crippen LogP contribution in [-0.4, -0.2) is 16.4 Å². The Kier molecular flexibility index (Phi) is 3.47. The Morgan fingerprint density at radius 2 is 1.94 bits per heavy atom. The average Bonchev–Trinajstić information content (AvgIpc) is 2.61. The monoisotopic (exact) mass is 240 g/mol. The van der Waals surface area contributed by atoms with Gasteiger partial charge in [-0.25, -0.2) is 0 Å². The lowest BCUT2D eigenvalue weighted by Crippen LogP contribution is -2.55. The Hall–Kier alpha value is -0.640. The quantitative estimate of drug-likeness (QED) is 0.738. The number of hydrogen-bond acceptors (Lipinski definition) is 2. The van der Waals surface area contributed by atoms with E-state index in [-0.39, 0.29) is 11.4 Å². The van der Waals surface area contributed by atoms with E-state index in [2.05, 4.69) is 5.32 Å². The molecule has 2 aliphatic rings. The number of rotatable bonds is 4. The van der Waals surface area contributed by atoms with Gasteiger partial charge in [0.2, 0.25) is 5.91 Å². The van der Waals surface area contributed by atoms with Gasteiger partial charge in [-0.15, -0.1) is 0 Å². The highest BCUT2D eigenvalue weighted by Gasteiger charge is 2.38. The molecule has 4 heteroatoms. The third-order valence-electron chi connectivity index (χ3n) is 4.01. The van der Waals surface area contributed by atoms with Crippen molar-refractivity contribution in [1.29, 1.82) is 0 Å². The van der Waals surface area contributed by atoms with Crippen molar-refractivity contribution in [2.45, 2.75) is 56.9 Å². The molecule has 1 amide bonds. The molecule has 0 radical (unpaired) electrons. The lowest BCUT2D eigenvalue weighted by molar-refractivity contribution is -0.123. The molecular weight excluding hydrogens is 220 g/mol. The van der Waals surface area contributed by atoms with Crippen LogP contribution in [0.25, 0.3) is 0 Å². The second kappa shape index (κ2) is 4.70. The maximum absolute atomic E-state index is 11.9. The van der Waals surface area contributed by atoms with Gasteiger partial charge >= 0.3 is 0 Å². The maximum atomic E-state index is 11.9. The lowest BCUT2D eigenvalue weighted by Gasteiger charge is -2.31. The fraction of sp³-hybridized carbons (Fsp3) is 0.833. The molecule has 0 bridgehead atoms. The molecular formula is C12H20N2OS. The molecule has 2 saturated carbocycles. The maximum Gasteiger partial charge on any atom is 0.221 e. The fourth-order valence-electron chi connectivity index (χ4n) is 2.69. The molecule has 0 atom stereocenters. The van der Waals surface area contributed by atoms with E-state index in [4.69, 9.17) is 18.0 Å². The van der Waals surface area contributed by atoms with E-state index >= 15 is 0 Å². The Morgan fingerprint density at radius 1 is 1.31 bits per heavy atom. The van der Waals surface area contributed by atoms with E-state index in [1.54, 1.807) is 0 Å². The predicted molar refractivity (Wildman–Crippen MR) is 68.1 cm³/mol. The van der Waals surface area contributed by atoms with Crippen molar-refractivity contribution in [2.24, 2.45) is 11.7 Å². The molecule has 0 heterocycles. The Morgan fingerprint density at radius 3 is 2.38 bits per heavy atom. The first-order valence-electron chi connectivity index (χ1n) is 6.23. The molecule has 0 aliphatic heterocycles. The molecule has 2 rings (SSSR count). The predicted octanol–water partition coefficient (Wildman–Crippen LogP) is 1.89. The Labute approximate surface area is 102 Å². The largest absolute Gasteiger partial charge is 0.391 e. The SMILES string of the molecule is NC(=S)C1(NC(=O)CC2CCC2)CCCC1. The van der Waals surface area contributed by atoms with Crippen LogP contribution in [0, 0.1) is 5.92 Å². The van der Waals surface area contributed by atoms with Crippen LogP contribution in [0.1, 0.15) is 51.4 Å². The summed E-state index contributed by atoms with van der Waals surface area (Å²) in [4.78, 5) is 12.4. The van der Waals surface area contributed by atoms with E-state index in [0.717, 1.165) is 25.7 Å². The number of thiocarbonyl (C=S) groups is 1. The van der Waals surface area contributed by atoms with Crippen LogP contribution >= 0.6 is 12.2 Å². The summed E-state index contributed by atoms with van der Waals surface area (Å²) in [6.45, 7) is 0. The van der Waals surface area contributed by atoms with Gasteiger partial charge in [-0.2, -0.15) is 0 Å². The van der Waals surface area contributed by atoms with E-state index in [1.807, 2.05) is 0 Å². The second-order valence-electron chi connectivity index (χ2n) is 5.20. The van der Waals surface area contributed by atoms with Crippen LogP contribution < -0.4 is 11.1 Å². The van der Waals surface area contributed by atoms with E-state index < -0.39 is 0 Å². The first-order chi connectivity index (χ1) is 7.62. The van der Waals surface area contributed by atoms with Gasteiger partial charge in [-0.05, 0) is 31.6 Å². The number of nitrogens with one attached hydrogen (secondary N) is 1. The highest BCUT2D eigenvalue weighted by Crippen LogP contribution is 2.32. The summed E-state index contributed by atoms with van der Waals surface area (Å²) >= 11 is 5.10. The van der Waals surface area contributed by atoms with Gasteiger partial charge in [0, 0.05) is 6.42 Å². The van der Waals surface area contributed by atoms with Crippen molar-refractivity contribution in [3.05, 3.63) is 0 Å². The van der Waals surface area contributed by atoms with Gasteiger partial charge in [0.25, 0.3) is 0 Å². The third-order valence-corrected chi connectivity index (χ3v) is 4.40. The van der Waals surface area contributed by atoms with E-state index in [9.17, 15) is 4.79 Å². The van der Waals surface area contributed by atoms with Crippen LogP contribution in [0.4, 0.5) is 0 Å². The number of amides is 1. The van der Waals surface area contributed by atoms with Gasteiger partial charge in [0.05, 0.1) is 10.5 Å². The Balaban J connectivity index is 1.89. The molecule has 0 spiro atoms. The zero-order chi connectivity index (χ0) is 11.6. The van der Waals surface area contributed by atoms with Crippen molar-refractivity contribution in [2.75, 3.05) is 0 Å². The highest BCUT2D eigenvalue weighted by molar-refractivity contribution is 7.80. The van der Waals surface area contributed by atoms with Crippen LogP contribution in [0.3, 0.4) is 0 Å². The number of carbonyl (C=O) groups is 1. The van der Waals surface area contributed by atoms with Gasteiger partial charge in [-0.3, -0.25) is 4.79 Å². The number of nitrogens with two attached hydrogens (primary N) is 1. The third kappa shape index (κ3) is 2.37. The summed E-state index contributed by atoms with van der Waals surface area (Å²) in [5, 5.41) is 3.09. The normalized spacial score (nSPS) is 23.8. The number of hydrogen-bond donors (Lipinski definition) is 2. The fourth-order valence-corrected chi connectivity index (χ4v) is 2.94. The standard InChI is InChI=1S/C12H20N2OS/c13-11(16)12(6-1-2-7-12)14-10(15)8-9-4-3-5-9/h9H,1-8H2,(H2,13,16)(H,14,15). The molecule has 3 nitrogen and oxygen atoms in total. The summed E-state index contributed by atoms with van der Waals surface area (Å²) in [6, 6.07) is 0. The first-order valence-corrected chi connectivity index (χ1v) is 6.64. The zero-order valence-electron chi connectivity index (χ0n) is 9.63. The van der Waals surface area contributed by atoms with Crippen LogP contribution in [0.15, 0.2) is 0 Å². The molecule has 0 aromatic carbocycles. The van der Waals surface area contributed by atoms with Crippen LogP contribution in [0.2, 0.25) is 0 Å². The smallest absolute Gasteiger partial charge is 0.221 e. The molecule has 0 saturated heterocycles. The van der Waals surface area contributed by atoms with Crippen LogP contribution in [-0.2, 0) is 4.79 Å². The summed E-state index contributed by atoms with van der Waals surface area (Å²) in [5.74, 6) is 0.740. The van der Waals surface area contributed by atoms with Crippen molar-refractivity contribution < 1.29 is 4.79 Å². The molecule has 0 aromatic rings. The van der Waals surface area contributed by atoms with Gasteiger partial charge < -0.3 is 11.1 Å². The minimum Gasteiger partial charge on any atom is -0.391 e. The van der Waals surface area contributed by atoms with E-state index in [0.29, 0.717) is 17.3 Å². The summed E-state index contributed by atoms with van der Waals surface area (Å²) < 4.78 is 0. The Bertz CT molecular complexity index is 293. The summed E-state index contributed by atoms with van der Waals surface area (Å²) in [5.41, 5.74) is 5.41. The van der Waals surface area contributed by atoms with Gasteiger partial charge in [0.1, 0.15) is 0 Å². The summed E-state index contributed by atoms with van der Waals surface area (Å²) in [6.07, 6.45) is 8.39. The van der Waals surface area contributed by atoms with Crippen molar-refractivity contribution in [1.82, 2.24) is 5.32 Å². The molecule has 3 N–H and O–H groups in total. The second-order valence-corrected chi connectivity index (χ2v) is 5.64. The minimum atomic E-state index is -0.365. The van der Waals surface area contributed by atoms with E-state index in [1.165, 1.54) is 19.3 Å². The van der Waals surface area contributed by atoms with Gasteiger partial charge in [0.15, 0.2) is 0 Å². The number of carbonyl (C=O) groups excluding carboxylic acids is 1. The highest BCUT2D eigenvalue weighted by atomic mass is 32.1. The molecule has 0 aromatic heterocycles. The lowest BCUT2D eigenvalue weighted by atomic mass is 9.82. The topological polar surface area (TPSA) is 55.1 Å². The van der Waals surface area contributed by atoms with Gasteiger partial charge in [-0.1, -0.05) is 31.5 Å².